The third kappa shape index (κ3) is 3.55. The van der Waals surface area contributed by atoms with Crippen molar-refractivity contribution in [2.75, 3.05) is 7.11 Å². The van der Waals surface area contributed by atoms with Crippen molar-refractivity contribution in [3.63, 3.8) is 0 Å². The Morgan fingerprint density at radius 1 is 1.00 bits per heavy atom. The Balaban J connectivity index is 2.22. The fourth-order valence-electron chi connectivity index (χ4n) is 2.35. The maximum Gasteiger partial charge on any atom is 0.123 e. The lowest BCUT2D eigenvalue weighted by Gasteiger charge is -2.15. The smallest absolute Gasteiger partial charge is 0.123 e. The maximum atomic E-state index is 6.59. The number of ether oxygens (including phenoxy) is 1. The lowest BCUT2D eigenvalue weighted by molar-refractivity contribution is 0.410. The van der Waals surface area contributed by atoms with Crippen LogP contribution in [0.1, 0.15) is 35.9 Å². The number of hydrogen-bond donors (Lipinski definition) is 0. The minimum absolute atomic E-state index is 0.181. The summed E-state index contributed by atoms with van der Waals surface area (Å²) in [5.41, 5.74) is 3.46. The number of benzene rings is 2. The van der Waals surface area contributed by atoms with Gasteiger partial charge in [0.25, 0.3) is 0 Å². The van der Waals surface area contributed by atoms with Gasteiger partial charge in [0.05, 0.1) is 12.5 Å². The third-order valence-electron chi connectivity index (χ3n) is 3.33. The quantitative estimate of drug-likeness (QED) is 0.685. The van der Waals surface area contributed by atoms with E-state index in [2.05, 4.69) is 38.1 Å². The van der Waals surface area contributed by atoms with Gasteiger partial charge in [0, 0.05) is 5.56 Å². The molecule has 0 aliphatic rings. The monoisotopic (exact) mass is 288 g/mol. The molecular formula is C18H21ClO. The Morgan fingerprint density at radius 2 is 1.65 bits per heavy atom. The molecule has 0 aliphatic heterocycles. The molecular weight excluding hydrogens is 268 g/mol. The Kier molecular flexibility index (Phi) is 5.08. The first-order valence-corrected chi connectivity index (χ1v) is 7.41. The molecule has 0 radical (unpaired) electrons. The van der Waals surface area contributed by atoms with Crippen LogP contribution in [0.4, 0.5) is 0 Å². The zero-order valence-electron chi connectivity index (χ0n) is 12.3. The number of para-hydroxylation sites is 1. The molecule has 1 unspecified atom stereocenters. The second-order valence-electron chi connectivity index (χ2n) is 5.44. The molecule has 0 fully saturated rings. The van der Waals surface area contributed by atoms with Crippen LogP contribution in [0.15, 0.2) is 48.5 Å². The fraction of sp³-hybridized carbons (Fsp3) is 0.333. The highest BCUT2D eigenvalue weighted by Crippen LogP contribution is 2.34. The lowest BCUT2D eigenvalue weighted by Crippen LogP contribution is -1.98. The average molecular weight is 289 g/mol. The van der Waals surface area contributed by atoms with E-state index in [-0.39, 0.29) is 5.38 Å². The molecule has 1 atom stereocenters. The van der Waals surface area contributed by atoms with E-state index in [4.69, 9.17) is 16.3 Å². The largest absolute Gasteiger partial charge is 0.496 e. The lowest BCUT2D eigenvalue weighted by atomic mass is 9.98. The highest BCUT2D eigenvalue weighted by molar-refractivity contribution is 6.22. The van der Waals surface area contributed by atoms with Crippen LogP contribution in [0.3, 0.4) is 0 Å². The fourth-order valence-corrected chi connectivity index (χ4v) is 2.68. The summed E-state index contributed by atoms with van der Waals surface area (Å²) < 4.78 is 5.38. The van der Waals surface area contributed by atoms with E-state index in [0.717, 1.165) is 23.3 Å². The van der Waals surface area contributed by atoms with Crippen molar-refractivity contribution in [3.8, 4) is 5.75 Å². The van der Waals surface area contributed by atoms with Gasteiger partial charge in [-0.2, -0.15) is 0 Å². The number of alkyl halides is 1. The molecule has 0 amide bonds. The molecule has 106 valence electrons. The minimum Gasteiger partial charge on any atom is -0.496 e. The number of hydrogen-bond acceptors (Lipinski definition) is 1. The minimum atomic E-state index is -0.181. The van der Waals surface area contributed by atoms with Crippen LogP contribution < -0.4 is 4.74 Å². The summed E-state index contributed by atoms with van der Waals surface area (Å²) in [6.45, 7) is 4.46. The normalized spacial score (nSPS) is 12.4. The van der Waals surface area contributed by atoms with E-state index >= 15 is 0 Å². The SMILES string of the molecule is COc1ccccc1C(Cl)c1ccc(CC(C)C)cc1. The molecule has 0 saturated carbocycles. The molecule has 2 heteroatoms. The van der Waals surface area contributed by atoms with Gasteiger partial charge in [-0.1, -0.05) is 56.3 Å². The predicted molar refractivity (Wildman–Crippen MR) is 85.7 cm³/mol. The molecule has 0 heterocycles. The molecule has 2 aromatic rings. The Hall–Kier alpha value is -1.47. The first-order chi connectivity index (χ1) is 9.61. The van der Waals surface area contributed by atoms with Crippen LogP contribution in [0, 0.1) is 5.92 Å². The zero-order valence-corrected chi connectivity index (χ0v) is 13.0. The highest BCUT2D eigenvalue weighted by Gasteiger charge is 2.15. The van der Waals surface area contributed by atoms with E-state index in [1.165, 1.54) is 5.56 Å². The summed E-state index contributed by atoms with van der Waals surface area (Å²) in [5.74, 6) is 1.50. The van der Waals surface area contributed by atoms with Gasteiger partial charge in [-0.15, -0.1) is 11.6 Å². The van der Waals surface area contributed by atoms with Gasteiger partial charge < -0.3 is 4.74 Å². The molecule has 20 heavy (non-hydrogen) atoms. The Morgan fingerprint density at radius 3 is 2.25 bits per heavy atom. The van der Waals surface area contributed by atoms with E-state index in [0.29, 0.717) is 5.92 Å². The van der Waals surface area contributed by atoms with Crippen LogP contribution in [-0.2, 0) is 6.42 Å². The molecule has 0 aromatic heterocycles. The molecule has 0 spiro atoms. The van der Waals surface area contributed by atoms with Gasteiger partial charge in [-0.3, -0.25) is 0 Å². The van der Waals surface area contributed by atoms with E-state index in [9.17, 15) is 0 Å². The van der Waals surface area contributed by atoms with Crippen LogP contribution in [-0.4, -0.2) is 7.11 Å². The van der Waals surface area contributed by atoms with Crippen LogP contribution in [0.25, 0.3) is 0 Å². The number of halogens is 1. The molecule has 0 bridgehead atoms. The molecule has 2 aromatic carbocycles. The molecule has 0 aliphatic carbocycles. The topological polar surface area (TPSA) is 9.23 Å². The predicted octanol–water partition coefficient (Wildman–Crippen LogP) is 5.22. The van der Waals surface area contributed by atoms with Gasteiger partial charge in [-0.05, 0) is 29.5 Å². The van der Waals surface area contributed by atoms with Gasteiger partial charge in [0.1, 0.15) is 5.75 Å². The van der Waals surface area contributed by atoms with Crippen molar-refractivity contribution in [3.05, 3.63) is 65.2 Å². The van der Waals surface area contributed by atoms with Gasteiger partial charge >= 0.3 is 0 Å². The van der Waals surface area contributed by atoms with Gasteiger partial charge in [-0.25, -0.2) is 0 Å². The standard InChI is InChI=1S/C18H21ClO/c1-13(2)12-14-8-10-15(11-9-14)18(19)16-6-4-5-7-17(16)20-3/h4-11,13,18H,12H2,1-3H3. The molecule has 0 saturated heterocycles. The second-order valence-corrected chi connectivity index (χ2v) is 5.88. The molecule has 2 rings (SSSR count). The van der Waals surface area contributed by atoms with Crippen molar-refractivity contribution in [2.24, 2.45) is 5.92 Å². The van der Waals surface area contributed by atoms with Gasteiger partial charge in [0.15, 0.2) is 0 Å². The van der Waals surface area contributed by atoms with E-state index in [1.54, 1.807) is 7.11 Å². The average Bonchev–Trinajstić information content (AvgIpc) is 2.46. The Bertz CT molecular complexity index is 546. The molecule has 0 N–H and O–H groups in total. The second kappa shape index (κ2) is 6.81. The Labute approximate surface area is 126 Å². The van der Waals surface area contributed by atoms with Crippen molar-refractivity contribution < 1.29 is 4.74 Å². The van der Waals surface area contributed by atoms with Gasteiger partial charge in [0.2, 0.25) is 0 Å². The maximum absolute atomic E-state index is 6.59. The summed E-state index contributed by atoms with van der Waals surface area (Å²) in [5, 5.41) is -0.181. The summed E-state index contributed by atoms with van der Waals surface area (Å²) >= 11 is 6.59. The first-order valence-electron chi connectivity index (χ1n) is 6.97. The van der Waals surface area contributed by atoms with Crippen LogP contribution in [0.2, 0.25) is 0 Å². The number of methoxy groups -OCH3 is 1. The van der Waals surface area contributed by atoms with E-state index in [1.807, 2.05) is 24.3 Å². The zero-order chi connectivity index (χ0) is 14.5. The van der Waals surface area contributed by atoms with Crippen molar-refractivity contribution in [1.82, 2.24) is 0 Å². The summed E-state index contributed by atoms with van der Waals surface area (Å²) in [6, 6.07) is 16.5. The molecule has 1 nitrogen and oxygen atoms in total. The summed E-state index contributed by atoms with van der Waals surface area (Å²) in [7, 11) is 1.67. The van der Waals surface area contributed by atoms with Crippen molar-refractivity contribution in [2.45, 2.75) is 25.6 Å². The van der Waals surface area contributed by atoms with Crippen molar-refractivity contribution >= 4 is 11.6 Å². The number of rotatable bonds is 5. The summed E-state index contributed by atoms with van der Waals surface area (Å²) in [4.78, 5) is 0. The third-order valence-corrected chi connectivity index (χ3v) is 3.82. The highest BCUT2D eigenvalue weighted by atomic mass is 35.5. The van der Waals surface area contributed by atoms with Crippen LogP contribution in [0.5, 0.6) is 5.75 Å². The first kappa shape index (κ1) is 14.9. The summed E-state index contributed by atoms with van der Waals surface area (Å²) in [6.07, 6.45) is 1.10. The van der Waals surface area contributed by atoms with Crippen molar-refractivity contribution in [1.29, 1.82) is 0 Å². The van der Waals surface area contributed by atoms with E-state index < -0.39 is 0 Å². The van der Waals surface area contributed by atoms with Crippen LogP contribution >= 0.6 is 11.6 Å².